The van der Waals surface area contributed by atoms with Crippen molar-refractivity contribution in [3.8, 4) is 6.07 Å². The zero-order chi connectivity index (χ0) is 13.0. The fourth-order valence-corrected chi connectivity index (χ4v) is 3.03. The van der Waals surface area contributed by atoms with Crippen molar-refractivity contribution in [2.24, 2.45) is 5.92 Å². The minimum Gasteiger partial charge on any atom is -0.378 e. The van der Waals surface area contributed by atoms with E-state index in [1.54, 1.807) is 0 Å². The van der Waals surface area contributed by atoms with E-state index in [0.29, 0.717) is 5.92 Å². The van der Waals surface area contributed by atoms with E-state index in [1.165, 1.54) is 0 Å². The Balaban J connectivity index is 2.11. The molecule has 0 radical (unpaired) electrons. The van der Waals surface area contributed by atoms with Crippen molar-refractivity contribution >= 4 is 0 Å². The van der Waals surface area contributed by atoms with Crippen LogP contribution in [0.2, 0.25) is 0 Å². The van der Waals surface area contributed by atoms with Crippen molar-refractivity contribution in [1.82, 2.24) is 10.2 Å². The SMILES string of the molecule is CC(C)C1CC(C#N)(N2CCCNCC2)CCO1. The molecule has 0 aromatic heterocycles. The Hall–Kier alpha value is -0.630. The maximum absolute atomic E-state index is 9.72. The lowest BCUT2D eigenvalue weighted by Gasteiger charge is -2.44. The summed E-state index contributed by atoms with van der Waals surface area (Å²) in [5, 5.41) is 13.1. The zero-order valence-electron chi connectivity index (χ0n) is 11.6. The second-order valence-electron chi connectivity index (χ2n) is 5.84. The summed E-state index contributed by atoms with van der Waals surface area (Å²) < 4.78 is 5.83. The molecule has 2 aliphatic heterocycles. The second-order valence-corrected chi connectivity index (χ2v) is 5.84. The van der Waals surface area contributed by atoms with E-state index >= 15 is 0 Å². The van der Waals surface area contributed by atoms with Crippen LogP contribution in [0.5, 0.6) is 0 Å². The van der Waals surface area contributed by atoms with Crippen LogP contribution in [0.1, 0.15) is 33.1 Å². The minimum atomic E-state index is -0.292. The Labute approximate surface area is 110 Å². The molecule has 0 aliphatic carbocycles. The molecule has 2 fully saturated rings. The number of rotatable bonds is 2. The van der Waals surface area contributed by atoms with Crippen molar-refractivity contribution in [3.63, 3.8) is 0 Å². The van der Waals surface area contributed by atoms with Crippen LogP contribution in [-0.4, -0.2) is 49.3 Å². The summed E-state index contributed by atoms with van der Waals surface area (Å²) in [5.41, 5.74) is -0.292. The first-order chi connectivity index (χ1) is 8.68. The Morgan fingerprint density at radius 2 is 2.22 bits per heavy atom. The third-order valence-electron chi connectivity index (χ3n) is 4.28. The number of ether oxygens (including phenoxy) is 1. The van der Waals surface area contributed by atoms with E-state index in [1.807, 2.05) is 0 Å². The Morgan fingerprint density at radius 1 is 1.39 bits per heavy atom. The van der Waals surface area contributed by atoms with Gasteiger partial charge in [0.05, 0.1) is 12.2 Å². The third kappa shape index (κ3) is 2.85. The van der Waals surface area contributed by atoms with Crippen molar-refractivity contribution in [2.45, 2.75) is 44.8 Å². The molecule has 0 saturated carbocycles. The number of hydrogen-bond acceptors (Lipinski definition) is 4. The number of hydrogen-bond donors (Lipinski definition) is 1. The van der Waals surface area contributed by atoms with E-state index in [-0.39, 0.29) is 11.6 Å². The Kier molecular flexibility index (Phi) is 4.60. The van der Waals surface area contributed by atoms with Gasteiger partial charge >= 0.3 is 0 Å². The number of nitriles is 1. The Bertz CT molecular complexity index is 305. The van der Waals surface area contributed by atoms with Crippen molar-refractivity contribution in [2.75, 3.05) is 32.8 Å². The van der Waals surface area contributed by atoms with Gasteiger partial charge < -0.3 is 10.1 Å². The molecule has 18 heavy (non-hydrogen) atoms. The summed E-state index contributed by atoms with van der Waals surface area (Å²) in [4.78, 5) is 2.39. The van der Waals surface area contributed by atoms with Crippen LogP contribution in [0.4, 0.5) is 0 Å². The monoisotopic (exact) mass is 251 g/mol. The molecule has 2 rings (SSSR count). The van der Waals surface area contributed by atoms with E-state index in [0.717, 1.165) is 52.0 Å². The van der Waals surface area contributed by atoms with Crippen LogP contribution in [-0.2, 0) is 4.74 Å². The highest BCUT2D eigenvalue weighted by atomic mass is 16.5. The molecular weight excluding hydrogens is 226 g/mol. The molecule has 0 bridgehead atoms. The van der Waals surface area contributed by atoms with Crippen LogP contribution in [0.15, 0.2) is 0 Å². The summed E-state index contributed by atoms with van der Waals surface area (Å²) in [6.07, 6.45) is 3.08. The lowest BCUT2D eigenvalue weighted by atomic mass is 9.82. The van der Waals surface area contributed by atoms with Crippen LogP contribution in [0, 0.1) is 17.2 Å². The largest absolute Gasteiger partial charge is 0.378 e. The molecule has 2 heterocycles. The molecule has 2 atom stereocenters. The van der Waals surface area contributed by atoms with E-state index in [2.05, 4.69) is 30.1 Å². The predicted molar refractivity (Wildman–Crippen MR) is 71.2 cm³/mol. The smallest absolute Gasteiger partial charge is 0.113 e. The fourth-order valence-electron chi connectivity index (χ4n) is 3.03. The van der Waals surface area contributed by atoms with Crippen LogP contribution in [0.25, 0.3) is 0 Å². The topological polar surface area (TPSA) is 48.3 Å². The van der Waals surface area contributed by atoms with Crippen LogP contribution >= 0.6 is 0 Å². The maximum Gasteiger partial charge on any atom is 0.113 e. The number of nitrogens with one attached hydrogen (secondary N) is 1. The zero-order valence-corrected chi connectivity index (χ0v) is 11.6. The molecule has 2 aliphatic rings. The van der Waals surface area contributed by atoms with E-state index in [9.17, 15) is 5.26 Å². The minimum absolute atomic E-state index is 0.231. The van der Waals surface area contributed by atoms with Gasteiger partial charge in [0.2, 0.25) is 0 Å². The fraction of sp³-hybridized carbons (Fsp3) is 0.929. The summed E-state index contributed by atoms with van der Waals surface area (Å²) in [6, 6.07) is 2.62. The van der Waals surface area contributed by atoms with Gasteiger partial charge in [-0.1, -0.05) is 13.8 Å². The molecular formula is C14H25N3O. The summed E-state index contributed by atoms with van der Waals surface area (Å²) in [5.74, 6) is 0.489. The molecule has 0 amide bonds. The van der Waals surface area contributed by atoms with E-state index < -0.39 is 0 Å². The normalized spacial score (nSPS) is 35.1. The van der Waals surface area contributed by atoms with Crippen LogP contribution < -0.4 is 5.32 Å². The first kappa shape index (κ1) is 13.8. The molecule has 102 valence electrons. The van der Waals surface area contributed by atoms with Gasteiger partial charge in [-0.05, 0) is 18.9 Å². The van der Waals surface area contributed by atoms with Gasteiger partial charge in [-0.15, -0.1) is 0 Å². The standard InChI is InChI=1S/C14H25N3O/c1-12(2)13-10-14(11-15,4-9-18-13)17-7-3-5-16-6-8-17/h12-13,16H,3-10H2,1-2H3. The molecule has 4 nitrogen and oxygen atoms in total. The molecule has 0 aromatic rings. The average Bonchev–Trinajstić information content (AvgIpc) is 2.68. The summed E-state index contributed by atoms with van der Waals surface area (Å²) in [6.45, 7) is 9.17. The highest BCUT2D eigenvalue weighted by Crippen LogP contribution is 2.33. The van der Waals surface area contributed by atoms with Gasteiger partial charge in [-0.25, -0.2) is 0 Å². The first-order valence-electron chi connectivity index (χ1n) is 7.16. The van der Waals surface area contributed by atoms with Gasteiger partial charge in [-0.2, -0.15) is 5.26 Å². The molecule has 2 saturated heterocycles. The van der Waals surface area contributed by atoms with E-state index in [4.69, 9.17) is 4.74 Å². The average molecular weight is 251 g/mol. The van der Waals surface area contributed by atoms with Gasteiger partial charge in [0, 0.05) is 39.1 Å². The maximum atomic E-state index is 9.72. The molecule has 2 unspecified atom stereocenters. The van der Waals surface area contributed by atoms with Gasteiger partial charge in [0.25, 0.3) is 0 Å². The second kappa shape index (κ2) is 6.01. The Morgan fingerprint density at radius 3 is 2.94 bits per heavy atom. The molecule has 4 heteroatoms. The van der Waals surface area contributed by atoms with Crippen molar-refractivity contribution in [3.05, 3.63) is 0 Å². The quantitative estimate of drug-likeness (QED) is 0.805. The number of nitrogens with zero attached hydrogens (tertiary/aromatic N) is 2. The molecule has 1 N–H and O–H groups in total. The third-order valence-corrected chi connectivity index (χ3v) is 4.28. The van der Waals surface area contributed by atoms with Crippen molar-refractivity contribution in [1.29, 1.82) is 5.26 Å². The molecule has 0 spiro atoms. The predicted octanol–water partition coefficient (Wildman–Crippen LogP) is 1.38. The lowest BCUT2D eigenvalue weighted by molar-refractivity contribution is -0.0696. The van der Waals surface area contributed by atoms with Gasteiger partial charge in [0.1, 0.15) is 5.54 Å². The first-order valence-corrected chi connectivity index (χ1v) is 7.16. The van der Waals surface area contributed by atoms with Gasteiger partial charge in [-0.3, -0.25) is 4.90 Å². The lowest BCUT2D eigenvalue weighted by Crippen LogP contribution is -2.55. The highest BCUT2D eigenvalue weighted by Gasteiger charge is 2.42. The summed E-state index contributed by atoms with van der Waals surface area (Å²) in [7, 11) is 0. The van der Waals surface area contributed by atoms with Gasteiger partial charge in [0.15, 0.2) is 0 Å². The summed E-state index contributed by atoms with van der Waals surface area (Å²) >= 11 is 0. The van der Waals surface area contributed by atoms with Crippen molar-refractivity contribution < 1.29 is 4.74 Å². The highest BCUT2D eigenvalue weighted by molar-refractivity contribution is 5.11. The van der Waals surface area contributed by atoms with Crippen LogP contribution in [0.3, 0.4) is 0 Å². The molecule has 0 aromatic carbocycles.